The Balaban J connectivity index is 2.03. The molecular formula is C22H32N2O2. The Bertz CT molecular complexity index is 776. The minimum Gasteiger partial charge on any atom is -0.496 e. The highest BCUT2D eigenvalue weighted by molar-refractivity contribution is 5.93. The molecule has 0 spiro atoms. The van der Waals surface area contributed by atoms with Crippen molar-refractivity contribution in [1.82, 2.24) is 9.88 Å². The van der Waals surface area contributed by atoms with E-state index < -0.39 is 0 Å². The Morgan fingerprint density at radius 3 is 2.73 bits per heavy atom. The Morgan fingerprint density at radius 2 is 2.04 bits per heavy atom. The number of nitrogens with one attached hydrogen (secondary N) is 1. The fourth-order valence-corrected chi connectivity index (χ4v) is 4.21. The first-order valence-electron chi connectivity index (χ1n) is 10.0. The van der Waals surface area contributed by atoms with Gasteiger partial charge < -0.3 is 14.6 Å². The first-order valence-corrected chi connectivity index (χ1v) is 10.0. The standard InChI is InChI=1S/C22H32N2O2/c1-5-17(22(25)23-14-13-15(2)3)24-18-10-7-6-9-16(18)21-19(24)11-8-12-20(21)26-4/h8,11-12,15,17H,5-7,9-10,13-14H2,1-4H3,(H,23,25). The molecular weight excluding hydrogens is 324 g/mol. The van der Waals surface area contributed by atoms with E-state index in [1.807, 2.05) is 12.1 Å². The summed E-state index contributed by atoms with van der Waals surface area (Å²) < 4.78 is 7.96. The van der Waals surface area contributed by atoms with E-state index in [-0.39, 0.29) is 11.9 Å². The second-order valence-electron chi connectivity index (χ2n) is 7.75. The molecule has 4 heteroatoms. The van der Waals surface area contributed by atoms with Crippen molar-refractivity contribution < 1.29 is 9.53 Å². The van der Waals surface area contributed by atoms with E-state index in [0.29, 0.717) is 5.92 Å². The van der Waals surface area contributed by atoms with Crippen molar-refractivity contribution in [1.29, 1.82) is 0 Å². The third-order valence-corrected chi connectivity index (χ3v) is 5.54. The van der Waals surface area contributed by atoms with Crippen molar-refractivity contribution in [2.75, 3.05) is 13.7 Å². The highest BCUT2D eigenvalue weighted by atomic mass is 16.5. The van der Waals surface area contributed by atoms with Crippen LogP contribution in [0.25, 0.3) is 10.9 Å². The van der Waals surface area contributed by atoms with Crippen LogP contribution in [-0.2, 0) is 17.6 Å². The smallest absolute Gasteiger partial charge is 0.243 e. The van der Waals surface area contributed by atoms with E-state index in [2.05, 4.69) is 36.7 Å². The number of hydrogen-bond acceptors (Lipinski definition) is 2. The Morgan fingerprint density at radius 1 is 1.27 bits per heavy atom. The molecule has 1 aromatic carbocycles. The van der Waals surface area contributed by atoms with Gasteiger partial charge in [-0.2, -0.15) is 0 Å². The Hall–Kier alpha value is -1.97. The zero-order valence-electron chi connectivity index (χ0n) is 16.6. The average molecular weight is 357 g/mol. The number of methoxy groups -OCH3 is 1. The Labute approximate surface area is 156 Å². The molecule has 1 aliphatic carbocycles. The highest BCUT2D eigenvalue weighted by Crippen LogP contribution is 2.39. The SMILES string of the molecule is CCC(C(=O)NCCC(C)C)n1c2c(c3c(OC)cccc31)CCCC2. The van der Waals surface area contributed by atoms with Crippen LogP contribution in [0, 0.1) is 5.92 Å². The molecule has 1 atom stereocenters. The molecule has 1 amide bonds. The van der Waals surface area contributed by atoms with E-state index in [1.165, 1.54) is 29.5 Å². The molecule has 0 saturated heterocycles. The number of carbonyl (C=O) groups excluding carboxylic acids is 1. The summed E-state index contributed by atoms with van der Waals surface area (Å²) in [6.45, 7) is 7.22. The molecule has 1 aromatic heterocycles. The number of amides is 1. The van der Waals surface area contributed by atoms with Gasteiger partial charge in [-0.1, -0.05) is 26.8 Å². The van der Waals surface area contributed by atoms with Gasteiger partial charge in [-0.25, -0.2) is 0 Å². The number of nitrogens with zero attached hydrogens (tertiary/aromatic N) is 1. The van der Waals surface area contributed by atoms with Crippen molar-refractivity contribution in [2.45, 2.75) is 65.3 Å². The molecule has 0 fully saturated rings. The summed E-state index contributed by atoms with van der Waals surface area (Å²) in [4.78, 5) is 13.0. The summed E-state index contributed by atoms with van der Waals surface area (Å²) in [5, 5.41) is 4.37. The van der Waals surface area contributed by atoms with E-state index in [1.54, 1.807) is 7.11 Å². The molecule has 1 heterocycles. The van der Waals surface area contributed by atoms with Gasteiger partial charge in [0.05, 0.1) is 12.6 Å². The van der Waals surface area contributed by atoms with E-state index >= 15 is 0 Å². The largest absolute Gasteiger partial charge is 0.496 e. The second kappa shape index (κ2) is 8.15. The number of aryl methyl sites for hydroxylation is 1. The number of benzene rings is 1. The lowest BCUT2D eigenvalue weighted by Gasteiger charge is -2.23. The van der Waals surface area contributed by atoms with Crippen molar-refractivity contribution >= 4 is 16.8 Å². The zero-order chi connectivity index (χ0) is 18.7. The fraction of sp³-hybridized carbons (Fsp3) is 0.591. The summed E-state index contributed by atoms with van der Waals surface area (Å²) in [6, 6.07) is 6.05. The van der Waals surface area contributed by atoms with Crippen LogP contribution in [0.2, 0.25) is 0 Å². The molecule has 3 rings (SSSR count). The minimum atomic E-state index is -0.154. The lowest BCUT2D eigenvalue weighted by Crippen LogP contribution is -2.34. The molecule has 26 heavy (non-hydrogen) atoms. The summed E-state index contributed by atoms with van der Waals surface area (Å²) in [5.41, 5.74) is 3.86. The molecule has 0 saturated carbocycles. The number of rotatable bonds is 7. The van der Waals surface area contributed by atoms with E-state index in [0.717, 1.165) is 43.5 Å². The molecule has 1 unspecified atom stereocenters. The topological polar surface area (TPSA) is 43.3 Å². The second-order valence-corrected chi connectivity index (χ2v) is 7.75. The average Bonchev–Trinajstić information content (AvgIpc) is 2.97. The molecule has 1 aliphatic rings. The van der Waals surface area contributed by atoms with Gasteiger partial charge in [-0.3, -0.25) is 4.79 Å². The van der Waals surface area contributed by atoms with Gasteiger partial charge in [0.1, 0.15) is 11.8 Å². The maximum absolute atomic E-state index is 13.0. The number of fused-ring (bicyclic) bond motifs is 3. The predicted molar refractivity (Wildman–Crippen MR) is 107 cm³/mol. The molecule has 0 radical (unpaired) electrons. The van der Waals surface area contributed by atoms with Gasteiger partial charge in [0.15, 0.2) is 0 Å². The highest BCUT2D eigenvalue weighted by Gasteiger charge is 2.28. The Kier molecular flexibility index (Phi) is 5.90. The van der Waals surface area contributed by atoms with Gasteiger partial charge in [0, 0.05) is 17.6 Å². The minimum absolute atomic E-state index is 0.140. The van der Waals surface area contributed by atoms with Gasteiger partial charge in [-0.15, -0.1) is 0 Å². The number of aromatic nitrogens is 1. The molecule has 142 valence electrons. The lowest BCUT2D eigenvalue weighted by atomic mass is 9.95. The quantitative estimate of drug-likeness (QED) is 0.785. The number of carbonyl (C=O) groups is 1. The summed E-state index contributed by atoms with van der Waals surface area (Å²) in [6.07, 6.45) is 6.33. The van der Waals surface area contributed by atoms with Crippen LogP contribution in [0.5, 0.6) is 5.75 Å². The normalized spacial score (nSPS) is 15.1. The van der Waals surface area contributed by atoms with Gasteiger partial charge in [0.2, 0.25) is 5.91 Å². The first kappa shape index (κ1) is 18.8. The van der Waals surface area contributed by atoms with E-state index in [4.69, 9.17) is 4.74 Å². The molecule has 1 N–H and O–H groups in total. The van der Waals surface area contributed by atoms with Crippen molar-refractivity contribution in [3.05, 3.63) is 29.5 Å². The summed E-state index contributed by atoms with van der Waals surface area (Å²) >= 11 is 0. The molecule has 0 aliphatic heterocycles. The third kappa shape index (κ3) is 3.46. The van der Waals surface area contributed by atoms with Crippen LogP contribution >= 0.6 is 0 Å². The van der Waals surface area contributed by atoms with Crippen LogP contribution < -0.4 is 10.1 Å². The molecule has 0 bridgehead atoms. The van der Waals surface area contributed by atoms with Crippen LogP contribution in [-0.4, -0.2) is 24.1 Å². The lowest BCUT2D eigenvalue weighted by molar-refractivity contribution is -0.124. The van der Waals surface area contributed by atoms with Gasteiger partial charge in [-0.05, 0) is 62.1 Å². The number of hydrogen-bond donors (Lipinski definition) is 1. The summed E-state index contributed by atoms with van der Waals surface area (Å²) in [5.74, 6) is 1.66. The van der Waals surface area contributed by atoms with Crippen LogP contribution in [0.4, 0.5) is 0 Å². The molecule has 4 nitrogen and oxygen atoms in total. The summed E-state index contributed by atoms with van der Waals surface area (Å²) in [7, 11) is 1.73. The van der Waals surface area contributed by atoms with E-state index in [9.17, 15) is 4.79 Å². The first-order chi connectivity index (χ1) is 12.6. The van der Waals surface area contributed by atoms with Gasteiger partial charge >= 0.3 is 0 Å². The van der Waals surface area contributed by atoms with Crippen LogP contribution in [0.1, 0.15) is 63.8 Å². The van der Waals surface area contributed by atoms with Crippen molar-refractivity contribution in [3.63, 3.8) is 0 Å². The maximum atomic E-state index is 13.0. The van der Waals surface area contributed by atoms with Crippen LogP contribution in [0.3, 0.4) is 0 Å². The third-order valence-electron chi connectivity index (χ3n) is 5.54. The monoisotopic (exact) mass is 356 g/mol. The van der Waals surface area contributed by atoms with Gasteiger partial charge in [0.25, 0.3) is 0 Å². The number of ether oxygens (including phenoxy) is 1. The van der Waals surface area contributed by atoms with Crippen LogP contribution in [0.15, 0.2) is 18.2 Å². The van der Waals surface area contributed by atoms with Crippen molar-refractivity contribution in [3.8, 4) is 5.75 Å². The predicted octanol–water partition coefficient (Wildman–Crippen LogP) is 4.64. The molecule has 2 aromatic rings. The zero-order valence-corrected chi connectivity index (χ0v) is 16.6. The maximum Gasteiger partial charge on any atom is 0.243 e. The fourth-order valence-electron chi connectivity index (χ4n) is 4.21. The van der Waals surface area contributed by atoms with Crippen molar-refractivity contribution in [2.24, 2.45) is 5.92 Å².